The van der Waals surface area contributed by atoms with E-state index in [1.54, 1.807) is 6.26 Å². The first-order valence-corrected chi connectivity index (χ1v) is 6.56. The Hall–Kier alpha value is -1.61. The second kappa shape index (κ2) is 6.97. The van der Waals surface area contributed by atoms with Gasteiger partial charge < -0.3 is 9.73 Å². The van der Waals surface area contributed by atoms with Crippen molar-refractivity contribution in [2.24, 2.45) is 0 Å². The van der Waals surface area contributed by atoms with Crippen molar-refractivity contribution in [2.75, 3.05) is 6.54 Å². The summed E-state index contributed by atoms with van der Waals surface area (Å²) in [6, 6.07) is 8.42. The highest BCUT2D eigenvalue weighted by atomic mass is 16.3. The summed E-state index contributed by atoms with van der Waals surface area (Å²) in [5.41, 5.74) is 1.32. The maximum Gasteiger partial charge on any atom is 0.120 e. The summed E-state index contributed by atoms with van der Waals surface area (Å²) in [5, 5.41) is 3.53. The van der Waals surface area contributed by atoms with Crippen molar-refractivity contribution in [3.8, 4) is 0 Å². The molecule has 3 nitrogen and oxygen atoms in total. The maximum atomic E-state index is 5.51. The summed E-state index contributed by atoms with van der Waals surface area (Å²) >= 11 is 0. The normalized spacial score (nSPS) is 12.5. The van der Waals surface area contributed by atoms with Crippen LogP contribution in [0.1, 0.15) is 37.1 Å². The van der Waals surface area contributed by atoms with E-state index in [4.69, 9.17) is 4.42 Å². The summed E-state index contributed by atoms with van der Waals surface area (Å²) in [4.78, 5) is 4.04. The van der Waals surface area contributed by atoms with Crippen LogP contribution in [0.15, 0.2) is 47.3 Å². The molecule has 0 aliphatic carbocycles. The van der Waals surface area contributed by atoms with Crippen LogP contribution in [0.3, 0.4) is 0 Å². The lowest BCUT2D eigenvalue weighted by molar-refractivity contribution is 0.396. The van der Waals surface area contributed by atoms with Crippen molar-refractivity contribution in [3.05, 3.63) is 54.2 Å². The first-order valence-electron chi connectivity index (χ1n) is 6.56. The van der Waals surface area contributed by atoms with Gasteiger partial charge in [0.05, 0.1) is 12.3 Å². The van der Waals surface area contributed by atoms with Crippen molar-refractivity contribution >= 4 is 0 Å². The van der Waals surface area contributed by atoms with Crippen LogP contribution in [0.4, 0.5) is 0 Å². The summed E-state index contributed by atoms with van der Waals surface area (Å²) in [6.45, 7) is 3.19. The van der Waals surface area contributed by atoms with E-state index in [0.717, 1.165) is 31.6 Å². The topological polar surface area (TPSA) is 38.1 Å². The summed E-state index contributed by atoms with van der Waals surface area (Å²) in [5.74, 6) is 1.03. The van der Waals surface area contributed by atoms with E-state index in [2.05, 4.69) is 29.4 Å². The van der Waals surface area contributed by atoms with Crippen LogP contribution < -0.4 is 5.32 Å². The van der Waals surface area contributed by atoms with Crippen LogP contribution in [0.5, 0.6) is 0 Å². The minimum absolute atomic E-state index is 0.299. The fraction of sp³-hybridized carbons (Fsp3) is 0.400. The molecule has 0 bridgehead atoms. The van der Waals surface area contributed by atoms with Crippen molar-refractivity contribution in [1.82, 2.24) is 10.3 Å². The molecule has 18 heavy (non-hydrogen) atoms. The molecule has 1 atom stereocenters. The van der Waals surface area contributed by atoms with Crippen molar-refractivity contribution in [3.63, 3.8) is 0 Å². The second-order valence-corrected chi connectivity index (χ2v) is 4.42. The molecule has 0 fully saturated rings. The van der Waals surface area contributed by atoms with Crippen molar-refractivity contribution < 1.29 is 4.42 Å². The standard InChI is InChI=1S/C15H20N2O/c1-2-9-17-14(15-4-3-12-18-15)6-5-13-7-10-16-11-8-13/h3-4,7-8,10-12,14,17H,2,5-6,9H2,1H3. The molecule has 2 aromatic heterocycles. The van der Waals surface area contributed by atoms with Crippen LogP contribution in [-0.4, -0.2) is 11.5 Å². The smallest absolute Gasteiger partial charge is 0.120 e. The Morgan fingerprint density at radius 2 is 2.11 bits per heavy atom. The van der Waals surface area contributed by atoms with Crippen molar-refractivity contribution in [1.29, 1.82) is 0 Å². The number of pyridine rings is 1. The van der Waals surface area contributed by atoms with Gasteiger partial charge >= 0.3 is 0 Å². The highest BCUT2D eigenvalue weighted by molar-refractivity contribution is 5.11. The zero-order valence-corrected chi connectivity index (χ0v) is 10.8. The number of hydrogen-bond donors (Lipinski definition) is 1. The van der Waals surface area contributed by atoms with E-state index in [9.17, 15) is 0 Å². The number of hydrogen-bond acceptors (Lipinski definition) is 3. The third kappa shape index (κ3) is 3.70. The van der Waals surface area contributed by atoms with E-state index in [-0.39, 0.29) is 0 Å². The van der Waals surface area contributed by atoms with Gasteiger partial charge in [-0.25, -0.2) is 0 Å². The van der Waals surface area contributed by atoms with Crippen LogP contribution >= 0.6 is 0 Å². The van der Waals surface area contributed by atoms with Crippen LogP contribution in [0, 0.1) is 0 Å². The van der Waals surface area contributed by atoms with Gasteiger partial charge in [-0.15, -0.1) is 0 Å². The molecule has 2 heterocycles. The van der Waals surface area contributed by atoms with Gasteiger partial charge in [-0.05, 0) is 55.6 Å². The van der Waals surface area contributed by atoms with Gasteiger partial charge in [-0.1, -0.05) is 6.92 Å². The lowest BCUT2D eigenvalue weighted by atomic mass is 10.0. The van der Waals surface area contributed by atoms with E-state index in [0.29, 0.717) is 6.04 Å². The molecular weight excluding hydrogens is 224 g/mol. The molecule has 3 heteroatoms. The Kier molecular flexibility index (Phi) is 4.97. The summed E-state index contributed by atoms with van der Waals surface area (Å²) in [7, 11) is 0. The van der Waals surface area contributed by atoms with E-state index in [1.807, 2.05) is 24.5 Å². The first-order chi connectivity index (χ1) is 8.90. The molecule has 0 radical (unpaired) electrons. The fourth-order valence-electron chi connectivity index (χ4n) is 2.01. The van der Waals surface area contributed by atoms with Gasteiger partial charge in [0, 0.05) is 12.4 Å². The molecule has 0 aromatic carbocycles. The molecule has 0 aliphatic heterocycles. The minimum atomic E-state index is 0.299. The molecule has 1 N–H and O–H groups in total. The molecule has 1 unspecified atom stereocenters. The minimum Gasteiger partial charge on any atom is -0.468 e. The Labute approximate surface area is 108 Å². The third-order valence-corrected chi connectivity index (χ3v) is 3.00. The molecule has 0 aliphatic rings. The number of aryl methyl sites for hydroxylation is 1. The van der Waals surface area contributed by atoms with Gasteiger partial charge in [0.15, 0.2) is 0 Å². The Balaban J connectivity index is 1.93. The predicted octanol–water partition coefficient (Wildman–Crippen LogP) is 3.35. The lowest BCUT2D eigenvalue weighted by Crippen LogP contribution is -2.22. The molecule has 96 valence electrons. The molecule has 0 saturated heterocycles. The summed E-state index contributed by atoms with van der Waals surface area (Å²) in [6.07, 6.45) is 8.63. The third-order valence-electron chi connectivity index (χ3n) is 3.00. The number of nitrogens with one attached hydrogen (secondary N) is 1. The molecule has 2 aromatic rings. The van der Waals surface area contributed by atoms with Gasteiger partial charge in [-0.2, -0.15) is 0 Å². The average molecular weight is 244 g/mol. The zero-order valence-electron chi connectivity index (χ0n) is 10.8. The number of aromatic nitrogens is 1. The number of nitrogens with zero attached hydrogens (tertiary/aromatic N) is 1. The molecule has 0 spiro atoms. The number of furan rings is 1. The largest absolute Gasteiger partial charge is 0.468 e. The Morgan fingerprint density at radius 3 is 2.78 bits per heavy atom. The van der Waals surface area contributed by atoms with E-state index in [1.165, 1.54) is 5.56 Å². The molecular formula is C15H20N2O. The quantitative estimate of drug-likeness (QED) is 0.811. The average Bonchev–Trinajstić information content (AvgIpc) is 2.94. The highest BCUT2D eigenvalue weighted by Crippen LogP contribution is 2.19. The van der Waals surface area contributed by atoms with Gasteiger partial charge in [0.2, 0.25) is 0 Å². The van der Waals surface area contributed by atoms with Crippen molar-refractivity contribution in [2.45, 2.75) is 32.2 Å². The number of rotatable bonds is 7. The SMILES string of the molecule is CCCNC(CCc1ccncc1)c1ccco1. The zero-order chi connectivity index (χ0) is 12.6. The molecule has 2 rings (SSSR count). The summed E-state index contributed by atoms with van der Waals surface area (Å²) < 4.78 is 5.51. The monoisotopic (exact) mass is 244 g/mol. The highest BCUT2D eigenvalue weighted by Gasteiger charge is 2.13. The van der Waals surface area contributed by atoms with Crippen LogP contribution in [0.2, 0.25) is 0 Å². The van der Waals surface area contributed by atoms with Crippen LogP contribution in [-0.2, 0) is 6.42 Å². The van der Waals surface area contributed by atoms with Gasteiger partial charge in [0.25, 0.3) is 0 Å². The molecule has 0 amide bonds. The van der Waals surface area contributed by atoms with Crippen LogP contribution in [0.25, 0.3) is 0 Å². The van der Waals surface area contributed by atoms with E-state index < -0.39 is 0 Å². The van der Waals surface area contributed by atoms with Gasteiger partial charge in [0.1, 0.15) is 5.76 Å². The first kappa shape index (κ1) is 12.8. The lowest BCUT2D eigenvalue weighted by Gasteiger charge is -2.16. The van der Waals surface area contributed by atoms with E-state index >= 15 is 0 Å². The Bertz CT molecular complexity index is 425. The Morgan fingerprint density at radius 1 is 1.28 bits per heavy atom. The second-order valence-electron chi connectivity index (χ2n) is 4.42. The predicted molar refractivity (Wildman–Crippen MR) is 72.3 cm³/mol. The maximum absolute atomic E-state index is 5.51. The molecule has 0 saturated carbocycles. The van der Waals surface area contributed by atoms with Gasteiger partial charge in [-0.3, -0.25) is 4.98 Å². The fourth-order valence-corrected chi connectivity index (χ4v) is 2.01.